The van der Waals surface area contributed by atoms with E-state index in [0.717, 1.165) is 17.7 Å². The zero-order valence-electron chi connectivity index (χ0n) is 12.1. The van der Waals surface area contributed by atoms with Crippen molar-refractivity contribution in [2.75, 3.05) is 7.05 Å². The van der Waals surface area contributed by atoms with Crippen LogP contribution in [0.2, 0.25) is 0 Å². The molecule has 0 aromatic heterocycles. The van der Waals surface area contributed by atoms with E-state index >= 15 is 0 Å². The van der Waals surface area contributed by atoms with Gasteiger partial charge in [0.15, 0.2) is 0 Å². The smallest absolute Gasteiger partial charge is 0.328 e. The summed E-state index contributed by atoms with van der Waals surface area (Å²) in [5.74, 6) is -0.328. The monoisotopic (exact) mass is 261 g/mol. The number of nitrogens with zero attached hydrogens (tertiary/aromatic N) is 1. The lowest BCUT2D eigenvalue weighted by atomic mass is 10.0. The molecule has 1 unspecified atom stereocenters. The van der Waals surface area contributed by atoms with Gasteiger partial charge in [-0.3, -0.25) is 4.90 Å². The van der Waals surface area contributed by atoms with E-state index < -0.39 is 5.97 Å². The van der Waals surface area contributed by atoms with Gasteiger partial charge < -0.3 is 5.11 Å². The summed E-state index contributed by atoms with van der Waals surface area (Å²) >= 11 is 0. The van der Waals surface area contributed by atoms with E-state index in [2.05, 4.69) is 32.7 Å². The minimum Gasteiger partial charge on any atom is -0.478 e. The molecule has 0 heterocycles. The molecule has 104 valence electrons. The quantitative estimate of drug-likeness (QED) is 0.799. The van der Waals surface area contributed by atoms with Gasteiger partial charge >= 0.3 is 5.97 Å². The van der Waals surface area contributed by atoms with Gasteiger partial charge in [0.1, 0.15) is 0 Å². The van der Waals surface area contributed by atoms with E-state index in [0.29, 0.717) is 12.0 Å². The molecule has 0 bridgehead atoms. The first-order valence-corrected chi connectivity index (χ1v) is 6.61. The molecule has 0 fully saturated rings. The summed E-state index contributed by atoms with van der Waals surface area (Å²) in [7, 11) is 2.10. The van der Waals surface area contributed by atoms with Crippen molar-refractivity contribution < 1.29 is 9.90 Å². The maximum absolute atomic E-state index is 10.6. The summed E-state index contributed by atoms with van der Waals surface area (Å²) in [5.41, 5.74) is 2.11. The van der Waals surface area contributed by atoms with Crippen LogP contribution in [0.4, 0.5) is 0 Å². The Hall–Kier alpha value is -1.61. The van der Waals surface area contributed by atoms with Crippen molar-refractivity contribution >= 4 is 12.0 Å². The highest BCUT2D eigenvalue weighted by Gasteiger charge is 2.14. The average Bonchev–Trinajstić information content (AvgIpc) is 2.36. The van der Waals surface area contributed by atoms with Gasteiger partial charge in [-0.2, -0.15) is 0 Å². The fourth-order valence-electron chi connectivity index (χ4n) is 1.92. The van der Waals surface area contributed by atoms with Crippen molar-refractivity contribution in [3.63, 3.8) is 0 Å². The topological polar surface area (TPSA) is 40.5 Å². The van der Waals surface area contributed by atoms with Crippen molar-refractivity contribution in [1.29, 1.82) is 0 Å². The normalized spacial score (nSPS) is 13.4. The van der Waals surface area contributed by atoms with Gasteiger partial charge in [-0.1, -0.05) is 38.1 Å². The van der Waals surface area contributed by atoms with Gasteiger partial charge in [0, 0.05) is 18.7 Å². The number of carbonyl (C=O) groups is 1. The summed E-state index contributed by atoms with van der Waals surface area (Å²) in [6.45, 7) is 7.44. The Kier molecular flexibility index (Phi) is 5.77. The third-order valence-corrected chi connectivity index (χ3v) is 3.54. The Morgan fingerprint density at radius 3 is 2.53 bits per heavy atom. The van der Waals surface area contributed by atoms with E-state index in [1.165, 1.54) is 6.08 Å². The van der Waals surface area contributed by atoms with E-state index in [4.69, 9.17) is 5.11 Å². The summed E-state index contributed by atoms with van der Waals surface area (Å²) < 4.78 is 0. The minimum absolute atomic E-state index is 0.483. The molecular formula is C16H23NO2. The molecule has 1 rings (SSSR count). The molecule has 0 aliphatic carbocycles. The Morgan fingerprint density at radius 1 is 1.32 bits per heavy atom. The molecule has 1 aromatic carbocycles. The molecule has 0 radical (unpaired) electrons. The zero-order chi connectivity index (χ0) is 14.4. The largest absolute Gasteiger partial charge is 0.478 e. The SMILES string of the molecule is CC(C)C(C)N(C)Cc1ccccc1C=CC(=O)O. The molecule has 0 amide bonds. The maximum Gasteiger partial charge on any atom is 0.328 e. The first kappa shape index (κ1) is 15.4. The Bertz CT molecular complexity index is 452. The second-order valence-corrected chi connectivity index (χ2v) is 5.27. The van der Waals surface area contributed by atoms with Crippen LogP contribution >= 0.6 is 0 Å². The van der Waals surface area contributed by atoms with Crippen LogP contribution in [0.25, 0.3) is 6.08 Å². The Labute approximate surface area is 115 Å². The van der Waals surface area contributed by atoms with Crippen LogP contribution in [0.1, 0.15) is 31.9 Å². The van der Waals surface area contributed by atoms with Crippen molar-refractivity contribution in [2.24, 2.45) is 5.92 Å². The summed E-state index contributed by atoms with van der Waals surface area (Å²) in [6, 6.07) is 8.39. The zero-order valence-corrected chi connectivity index (χ0v) is 12.1. The third-order valence-electron chi connectivity index (χ3n) is 3.54. The maximum atomic E-state index is 10.6. The van der Waals surface area contributed by atoms with Gasteiger partial charge in [0.05, 0.1) is 0 Å². The molecule has 3 nitrogen and oxygen atoms in total. The molecule has 1 atom stereocenters. The van der Waals surface area contributed by atoms with E-state index in [9.17, 15) is 4.79 Å². The highest BCUT2D eigenvalue weighted by molar-refractivity contribution is 5.85. The summed E-state index contributed by atoms with van der Waals surface area (Å²) in [4.78, 5) is 12.9. The molecule has 0 spiro atoms. The summed E-state index contributed by atoms with van der Waals surface area (Å²) in [5, 5.41) is 8.71. The van der Waals surface area contributed by atoms with E-state index in [1.54, 1.807) is 6.08 Å². The molecule has 0 aliphatic rings. The number of benzene rings is 1. The van der Waals surface area contributed by atoms with Gasteiger partial charge in [-0.15, -0.1) is 0 Å². The number of aliphatic carboxylic acids is 1. The first-order chi connectivity index (χ1) is 8.91. The highest BCUT2D eigenvalue weighted by atomic mass is 16.4. The molecule has 1 N–H and O–H groups in total. The second kappa shape index (κ2) is 7.10. The minimum atomic E-state index is -0.918. The predicted octanol–water partition coefficient (Wildman–Crippen LogP) is 3.26. The standard InChI is InChI=1S/C16H23NO2/c1-12(2)13(3)17(4)11-15-8-6-5-7-14(15)9-10-16(18)19/h5-10,12-13H,11H2,1-4H3,(H,18,19). The van der Waals surface area contributed by atoms with Crippen molar-refractivity contribution in [3.8, 4) is 0 Å². The third kappa shape index (κ3) is 4.87. The molecule has 1 aromatic rings. The average molecular weight is 261 g/mol. The lowest BCUT2D eigenvalue weighted by Crippen LogP contribution is -2.32. The van der Waals surface area contributed by atoms with Gasteiger partial charge in [0.25, 0.3) is 0 Å². The van der Waals surface area contributed by atoms with Crippen molar-refractivity contribution in [1.82, 2.24) is 4.90 Å². The second-order valence-electron chi connectivity index (χ2n) is 5.27. The molecular weight excluding hydrogens is 238 g/mol. The first-order valence-electron chi connectivity index (χ1n) is 6.61. The fourth-order valence-corrected chi connectivity index (χ4v) is 1.92. The van der Waals surface area contributed by atoms with Crippen molar-refractivity contribution in [3.05, 3.63) is 41.5 Å². The van der Waals surface area contributed by atoms with Crippen LogP contribution < -0.4 is 0 Å². The lowest BCUT2D eigenvalue weighted by Gasteiger charge is -2.28. The fraction of sp³-hybridized carbons (Fsp3) is 0.438. The lowest BCUT2D eigenvalue weighted by molar-refractivity contribution is -0.131. The van der Waals surface area contributed by atoms with Gasteiger partial charge in [-0.05, 0) is 37.1 Å². The van der Waals surface area contributed by atoms with Gasteiger partial charge in [-0.25, -0.2) is 4.79 Å². The number of hydrogen-bond donors (Lipinski definition) is 1. The molecule has 3 heteroatoms. The Balaban J connectivity index is 2.86. The van der Waals surface area contributed by atoms with Crippen LogP contribution in [0.15, 0.2) is 30.3 Å². The van der Waals surface area contributed by atoms with Crippen LogP contribution in [0.3, 0.4) is 0 Å². The van der Waals surface area contributed by atoms with Crippen LogP contribution in [0.5, 0.6) is 0 Å². The molecule has 0 aliphatic heterocycles. The van der Waals surface area contributed by atoms with E-state index in [-0.39, 0.29) is 0 Å². The van der Waals surface area contributed by atoms with Crippen molar-refractivity contribution in [2.45, 2.75) is 33.4 Å². The summed E-state index contributed by atoms with van der Waals surface area (Å²) in [6.07, 6.45) is 2.84. The molecule has 19 heavy (non-hydrogen) atoms. The Morgan fingerprint density at radius 2 is 1.95 bits per heavy atom. The number of hydrogen-bond acceptors (Lipinski definition) is 2. The molecule has 0 saturated carbocycles. The highest BCUT2D eigenvalue weighted by Crippen LogP contribution is 2.16. The number of rotatable bonds is 6. The van der Waals surface area contributed by atoms with Crippen LogP contribution in [-0.4, -0.2) is 29.1 Å². The van der Waals surface area contributed by atoms with Gasteiger partial charge in [0.2, 0.25) is 0 Å². The van der Waals surface area contributed by atoms with E-state index in [1.807, 2.05) is 24.3 Å². The van der Waals surface area contributed by atoms with Crippen LogP contribution in [0, 0.1) is 5.92 Å². The predicted molar refractivity (Wildman–Crippen MR) is 78.9 cm³/mol. The van der Waals surface area contributed by atoms with Crippen LogP contribution in [-0.2, 0) is 11.3 Å². The number of carboxylic acids is 1. The molecule has 0 saturated heterocycles. The number of carboxylic acid groups (broad SMARTS) is 1.